The van der Waals surface area contributed by atoms with Gasteiger partial charge >= 0.3 is 0 Å². The van der Waals surface area contributed by atoms with Crippen LogP contribution >= 0.6 is 22.9 Å². The zero-order valence-electron chi connectivity index (χ0n) is 11.2. The van der Waals surface area contributed by atoms with Crippen molar-refractivity contribution in [1.82, 2.24) is 10.3 Å². The van der Waals surface area contributed by atoms with Crippen molar-refractivity contribution in [2.24, 2.45) is 0 Å². The van der Waals surface area contributed by atoms with E-state index in [1.54, 1.807) is 11.3 Å². The molecular formula is C16H13ClN2OS. The first kappa shape index (κ1) is 14.0. The van der Waals surface area contributed by atoms with E-state index >= 15 is 0 Å². The van der Waals surface area contributed by atoms with Gasteiger partial charge in [-0.3, -0.25) is 4.79 Å². The molecule has 1 amide bonds. The second kappa shape index (κ2) is 6.24. The van der Waals surface area contributed by atoms with Gasteiger partial charge in [-0.15, -0.1) is 0 Å². The number of aromatic nitrogens is 1. The van der Waals surface area contributed by atoms with Crippen LogP contribution in [0.15, 0.2) is 47.3 Å². The summed E-state index contributed by atoms with van der Waals surface area (Å²) in [4.78, 5) is 16.4. The SMILES string of the molecule is O=C(NCCc1ccsc1)c1cnc(Cl)c2ccccc12. The number of amides is 1. The van der Waals surface area contributed by atoms with Gasteiger partial charge in [0.2, 0.25) is 0 Å². The normalized spacial score (nSPS) is 10.7. The molecule has 5 heteroatoms. The Morgan fingerprint density at radius 3 is 2.81 bits per heavy atom. The minimum Gasteiger partial charge on any atom is -0.352 e. The van der Waals surface area contributed by atoms with Gasteiger partial charge < -0.3 is 5.32 Å². The van der Waals surface area contributed by atoms with E-state index in [9.17, 15) is 4.79 Å². The zero-order chi connectivity index (χ0) is 14.7. The van der Waals surface area contributed by atoms with Gasteiger partial charge in [-0.05, 0) is 34.2 Å². The molecule has 0 saturated carbocycles. The molecule has 1 N–H and O–H groups in total. The molecule has 1 aromatic carbocycles. The van der Waals surface area contributed by atoms with Crippen molar-refractivity contribution in [3.8, 4) is 0 Å². The van der Waals surface area contributed by atoms with Gasteiger partial charge in [-0.2, -0.15) is 11.3 Å². The molecule has 0 aliphatic rings. The first-order valence-corrected chi connectivity index (χ1v) is 7.90. The Morgan fingerprint density at radius 1 is 1.24 bits per heavy atom. The number of fused-ring (bicyclic) bond motifs is 1. The lowest BCUT2D eigenvalue weighted by Crippen LogP contribution is -2.26. The van der Waals surface area contributed by atoms with Gasteiger partial charge in [0.15, 0.2) is 0 Å². The highest BCUT2D eigenvalue weighted by Crippen LogP contribution is 2.24. The minimum absolute atomic E-state index is 0.120. The Bertz CT molecular complexity index is 771. The number of halogens is 1. The maximum absolute atomic E-state index is 12.3. The number of benzene rings is 1. The molecule has 106 valence electrons. The Labute approximate surface area is 131 Å². The highest BCUT2D eigenvalue weighted by Gasteiger charge is 2.12. The molecule has 0 aliphatic heterocycles. The largest absolute Gasteiger partial charge is 0.352 e. The van der Waals surface area contributed by atoms with E-state index in [1.165, 1.54) is 11.8 Å². The summed E-state index contributed by atoms with van der Waals surface area (Å²) in [5, 5.41) is 9.09. The second-order valence-electron chi connectivity index (χ2n) is 4.65. The molecule has 3 rings (SSSR count). The number of carbonyl (C=O) groups is 1. The molecule has 0 atom stereocenters. The highest BCUT2D eigenvalue weighted by atomic mass is 35.5. The van der Waals surface area contributed by atoms with Crippen LogP contribution in [0, 0.1) is 0 Å². The summed E-state index contributed by atoms with van der Waals surface area (Å²) in [6.07, 6.45) is 2.36. The van der Waals surface area contributed by atoms with Crippen molar-refractivity contribution in [2.45, 2.75) is 6.42 Å². The molecule has 0 spiro atoms. The predicted octanol–water partition coefficient (Wildman–Crippen LogP) is 3.92. The molecule has 0 saturated heterocycles. The zero-order valence-corrected chi connectivity index (χ0v) is 12.7. The monoisotopic (exact) mass is 316 g/mol. The first-order valence-electron chi connectivity index (χ1n) is 6.58. The molecular weight excluding hydrogens is 304 g/mol. The van der Waals surface area contributed by atoms with Crippen LogP contribution in [0.1, 0.15) is 15.9 Å². The van der Waals surface area contributed by atoms with E-state index in [2.05, 4.69) is 21.7 Å². The molecule has 21 heavy (non-hydrogen) atoms. The summed E-state index contributed by atoms with van der Waals surface area (Å²) < 4.78 is 0. The van der Waals surface area contributed by atoms with Gasteiger partial charge in [-0.25, -0.2) is 4.98 Å². The van der Waals surface area contributed by atoms with Gasteiger partial charge in [0.1, 0.15) is 5.15 Å². The lowest BCUT2D eigenvalue weighted by Gasteiger charge is -2.08. The summed E-state index contributed by atoms with van der Waals surface area (Å²) in [5.41, 5.74) is 1.79. The summed E-state index contributed by atoms with van der Waals surface area (Å²) >= 11 is 7.72. The van der Waals surface area contributed by atoms with Crippen LogP contribution in [0.5, 0.6) is 0 Å². The van der Waals surface area contributed by atoms with E-state index in [1.807, 2.05) is 29.6 Å². The first-order chi connectivity index (χ1) is 10.3. The van der Waals surface area contributed by atoms with Crippen LogP contribution < -0.4 is 5.32 Å². The maximum Gasteiger partial charge on any atom is 0.253 e. The summed E-state index contributed by atoms with van der Waals surface area (Å²) in [6, 6.07) is 9.59. The average molecular weight is 317 g/mol. The van der Waals surface area contributed by atoms with Gasteiger partial charge in [0, 0.05) is 18.1 Å². The quantitative estimate of drug-likeness (QED) is 0.741. The van der Waals surface area contributed by atoms with Crippen LogP contribution in [-0.4, -0.2) is 17.4 Å². The number of carbonyl (C=O) groups excluding carboxylic acids is 1. The molecule has 3 nitrogen and oxygen atoms in total. The smallest absolute Gasteiger partial charge is 0.253 e. The average Bonchev–Trinajstić information content (AvgIpc) is 3.01. The molecule has 0 aliphatic carbocycles. The van der Waals surface area contributed by atoms with Crippen molar-refractivity contribution in [2.75, 3.05) is 6.54 Å². The predicted molar refractivity (Wildman–Crippen MR) is 87.1 cm³/mol. The topological polar surface area (TPSA) is 42.0 Å². The number of nitrogens with one attached hydrogen (secondary N) is 1. The van der Waals surface area contributed by atoms with E-state index < -0.39 is 0 Å². The number of nitrogens with zero attached hydrogens (tertiary/aromatic N) is 1. The Balaban J connectivity index is 1.77. The highest BCUT2D eigenvalue weighted by molar-refractivity contribution is 7.07. The molecule has 0 unspecified atom stereocenters. The van der Waals surface area contributed by atoms with Crippen molar-refractivity contribution >= 4 is 39.6 Å². The Morgan fingerprint density at radius 2 is 2.05 bits per heavy atom. The number of hydrogen-bond donors (Lipinski definition) is 1. The molecule has 3 aromatic rings. The van der Waals surface area contributed by atoms with E-state index in [0.717, 1.165) is 17.2 Å². The third-order valence-corrected chi connectivity index (χ3v) is 4.30. The van der Waals surface area contributed by atoms with Crippen LogP contribution in [-0.2, 0) is 6.42 Å². The number of pyridine rings is 1. The maximum atomic E-state index is 12.3. The van der Waals surface area contributed by atoms with Crippen molar-refractivity contribution in [3.05, 3.63) is 63.6 Å². The fourth-order valence-electron chi connectivity index (χ4n) is 2.19. The molecule has 0 bridgehead atoms. The van der Waals surface area contributed by atoms with Gasteiger partial charge in [0.05, 0.1) is 5.56 Å². The molecule has 0 radical (unpaired) electrons. The fourth-order valence-corrected chi connectivity index (χ4v) is 3.11. The Hall–Kier alpha value is -1.91. The second-order valence-corrected chi connectivity index (χ2v) is 5.78. The van der Waals surface area contributed by atoms with E-state index in [-0.39, 0.29) is 5.91 Å². The lowest BCUT2D eigenvalue weighted by atomic mass is 10.1. The number of thiophene rings is 1. The van der Waals surface area contributed by atoms with Crippen molar-refractivity contribution in [3.63, 3.8) is 0 Å². The van der Waals surface area contributed by atoms with Crippen LogP contribution in [0.3, 0.4) is 0 Å². The summed E-state index contributed by atoms with van der Waals surface area (Å²) in [7, 11) is 0. The molecule has 0 fully saturated rings. The van der Waals surface area contributed by atoms with E-state index in [4.69, 9.17) is 11.6 Å². The molecule has 2 heterocycles. The number of hydrogen-bond acceptors (Lipinski definition) is 3. The summed E-state index contributed by atoms with van der Waals surface area (Å²) in [5.74, 6) is -0.120. The van der Waals surface area contributed by atoms with Crippen LogP contribution in [0.25, 0.3) is 10.8 Å². The fraction of sp³-hybridized carbons (Fsp3) is 0.125. The van der Waals surface area contributed by atoms with Crippen molar-refractivity contribution < 1.29 is 4.79 Å². The van der Waals surface area contributed by atoms with Crippen LogP contribution in [0.4, 0.5) is 0 Å². The van der Waals surface area contributed by atoms with Crippen LogP contribution in [0.2, 0.25) is 5.15 Å². The Kier molecular flexibility index (Phi) is 4.18. The van der Waals surface area contributed by atoms with E-state index in [0.29, 0.717) is 17.3 Å². The molecule has 2 aromatic heterocycles. The third-order valence-electron chi connectivity index (χ3n) is 3.27. The lowest BCUT2D eigenvalue weighted by molar-refractivity contribution is 0.0955. The van der Waals surface area contributed by atoms with Gasteiger partial charge in [0.25, 0.3) is 5.91 Å². The van der Waals surface area contributed by atoms with Gasteiger partial charge in [-0.1, -0.05) is 35.9 Å². The standard InChI is InChI=1S/C16H13ClN2OS/c17-15-13-4-2-1-3-12(13)14(9-19-15)16(20)18-7-5-11-6-8-21-10-11/h1-4,6,8-10H,5,7H2,(H,18,20). The number of rotatable bonds is 4. The summed E-state index contributed by atoms with van der Waals surface area (Å²) in [6.45, 7) is 0.604. The minimum atomic E-state index is -0.120. The third kappa shape index (κ3) is 3.06. The van der Waals surface area contributed by atoms with Crippen molar-refractivity contribution in [1.29, 1.82) is 0 Å².